The van der Waals surface area contributed by atoms with Crippen LogP contribution >= 0.6 is 24.6 Å². The van der Waals surface area contributed by atoms with Gasteiger partial charge in [0.15, 0.2) is 44.3 Å². The second-order valence-electron chi connectivity index (χ2n) is 9.82. The summed E-state index contributed by atoms with van der Waals surface area (Å²) in [5.74, 6) is -1.51. The summed E-state index contributed by atoms with van der Waals surface area (Å²) in [5, 5.41) is 40.6. The largest absolute Gasteiger partial charge is 1.00 e. The number of hydrogen-bond donors (Lipinski definition) is 3. The Morgan fingerprint density at radius 3 is 1.24 bits per heavy atom. The molecular formula is C24H27N7Na4O18S6. The molecule has 0 fully saturated rings. The minimum atomic E-state index is -5.40. The van der Waals surface area contributed by atoms with Gasteiger partial charge in [0.1, 0.15) is 43.0 Å². The van der Waals surface area contributed by atoms with E-state index >= 15 is 0 Å². The standard InChI is InChI=1S/C23H27N7O18S6.CH4.4Na/c1-12-19(24)22(29-27-15-4-2-13(10-17(15)53(37,38)39)51(33,34)8-6-43-49-47-45-31)21(26)23(20(12)25)30-28-16-5-3-14(11-18(16)54(40,41)42)52(35,36)9-7-44-50-48-46-32;;;;;/h2-5,10-11,31-32H,6-9,24-26H2,1H3,(H,37,38,39)(H,40,41,42);1H4;;;;/q;;4*+1/p-4. The molecule has 0 unspecified atom stereocenters. The van der Waals surface area contributed by atoms with Crippen molar-refractivity contribution in [3.8, 4) is 0 Å². The summed E-state index contributed by atoms with van der Waals surface area (Å²) >= 11 is 0.0610. The van der Waals surface area contributed by atoms with Crippen LogP contribution in [0.2, 0.25) is 0 Å². The molecule has 3 aromatic rings. The number of rotatable bonds is 20. The molecule has 0 aliphatic rings. The quantitative estimate of drug-likeness (QED) is 0.0138. The number of hydrogen-bond acceptors (Lipinski definition) is 27. The maximum atomic E-state index is 12.7. The van der Waals surface area contributed by atoms with Crippen LogP contribution in [0.4, 0.5) is 39.8 Å². The third-order valence-electron chi connectivity index (χ3n) is 6.54. The average molecular weight is 986 g/mol. The third-order valence-corrected chi connectivity index (χ3v) is 12.4. The first kappa shape index (κ1) is 63.6. The van der Waals surface area contributed by atoms with Crippen LogP contribution in [0.1, 0.15) is 13.0 Å². The van der Waals surface area contributed by atoms with Crippen LogP contribution in [0.3, 0.4) is 0 Å². The van der Waals surface area contributed by atoms with Crippen LogP contribution < -0.4 is 146 Å². The zero-order valence-electron chi connectivity index (χ0n) is 30.6. The Balaban J connectivity index is -0.00000627. The van der Waals surface area contributed by atoms with Gasteiger partial charge in [-0.15, -0.1) is 29.1 Å². The Morgan fingerprint density at radius 2 is 0.932 bits per heavy atom. The smallest absolute Gasteiger partial charge is 0.744 e. The van der Waals surface area contributed by atoms with E-state index in [0.29, 0.717) is 12.1 Å². The number of nitrogens with two attached hydrogens (primary N) is 3. The molecule has 3 rings (SSSR count). The summed E-state index contributed by atoms with van der Waals surface area (Å²) in [6.07, 6.45) is 0. The van der Waals surface area contributed by atoms with Gasteiger partial charge in [-0.2, -0.15) is 0 Å². The number of sulfone groups is 2. The van der Waals surface area contributed by atoms with Crippen LogP contribution in [0, 0.1) is 6.92 Å². The molecule has 0 saturated carbocycles. The zero-order valence-corrected chi connectivity index (χ0v) is 43.5. The van der Waals surface area contributed by atoms with Crippen molar-refractivity contribution in [2.24, 2.45) is 20.5 Å². The van der Waals surface area contributed by atoms with Crippen molar-refractivity contribution in [1.29, 1.82) is 0 Å². The van der Waals surface area contributed by atoms with Gasteiger partial charge in [-0.25, -0.2) is 33.7 Å². The van der Waals surface area contributed by atoms with E-state index in [0.717, 1.165) is 24.3 Å². The Hall–Kier alpha value is 0.360. The summed E-state index contributed by atoms with van der Waals surface area (Å²) in [4.78, 5) is -3.51. The molecule has 0 aliphatic heterocycles. The second-order valence-corrected chi connectivity index (χ2v) is 17.8. The van der Waals surface area contributed by atoms with Gasteiger partial charge in [0.05, 0.1) is 61.4 Å². The summed E-state index contributed by atoms with van der Waals surface area (Å²) in [7, 11) is -19.4. The van der Waals surface area contributed by atoms with Crippen molar-refractivity contribution in [1.82, 2.24) is 0 Å². The van der Waals surface area contributed by atoms with Gasteiger partial charge >= 0.3 is 118 Å². The normalized spacial score (nSPS) is 11.9. The molecule has 0 atom stereocenters. The molecule has 0 heterocycles. The van der Waals surface area contributed by atoms with Crippen molar-refractivity contribution in [2.75, 3.05) is 41.9 Å². The first-order valence-corrected chi connectivity index (χ1v) is 21.1. The average Bonchev–Trinajstić information content (AvgIpc) is 3.09. The van der Waals surface area contributed by atoms with E-state index in [1.165, 1.54) is 6.92 Å². The van der Waals surface area contributed by atoms with Crippen molar-refractivity contribution < 1.29 is 199 Å². The molecule has 25 nitrogen and oxygen atoms in total. The molecule has 35 heteroatoms. The van der Waals surface area contributed by atoms with Crippen LogP contribution in [0.25, 0.3) is 0 Å². The number of anilines is 3. The fourth-order valence-corrected chi connectivity index (χ4v) is 8.20. The topological polar surface area (TPSA) is 412 Å². The number of nitrogen functional groups attached to an aromatic ring is 3. The third kappa shape index (κ3) is 18.4. The van der Waals surface area contributed by atoms with Crippen LogP contribution in [-0.4, -0.2) is 67.5 Å². The van der Waals surface area contributed by atoms with Crippen LogP contribution in [0.15, 0.2) is 76.4 Å². The minimum Gasteiger partial charge on any atom is -0.744 e. The van der Waals surface area contributed by atoms with Crippen molar-refractivity contribution in [2.45, 2.75) is 33.9 Å². The molecule has 0 bridgehead atoms. The Kier molecular flexibility index (Phi) is 30.5. The van der Waals surface area contributed by atoms with Gasteiger partial charge in [0.2, 0.25) is 0 Å². The molecular weight excluding hydrogens is 959 g/mol. The fourth-order valence-electron chi connectivity index (χ4n) is 3.92. The molecule has 0 aliphatic carbocycles. The van der Waals surface area contributed by atoms with E-state index in [9.17, 15) is 53.3 Å². The molecule has 0 radical (unpaired) electrons. The SMILES string of the molecule is C.Cc1c(N)c(N=Nc2ccc(S(=O)(=O)CCOSOO[O-])cc2S(=O)(=O)[O-])c(N)c(N=Nc2ccc(S(=O)(=O)CCOSOO[O-])cc2S(=O)(=O)[O-])c1N.[Na+].[Na+].[Na+].[Na+]. The second kappa shape index (κ2) is 28.3. The zero-order chi connectivity index (χ0) is 40.5. The van der Waals surface area contributed by atoms with Gasteiger partial charge in [-0.1, -0.05) is 7.43 Å². The van der Waals surface area contributed by atoms with E-state index in [4.69, 9.17) is 17.2 Å². The summed E-state index contributed by atoms with van der Waals surface area (Å²) in [6.45, 7) is 0.246. The first-order valence-electron chi connectivity index (χ1n) is 13.6. The van der Waals surface area contributed by atoms with E-state index in [1.807, 2.05) is 0 Å². The van der Waals surface area contributed by atoms with Crippen molar-refractivity contribution in [3.63, 3.8) is 0 Å². The van der Waals surface area contributed by atoms with Crippen LogP contribution in [0.5, 0.6) is 0 Å². The Morgan fingerprint density at radius 1 is 0.593 bits per heavy atom. The Bertz CT molecular complexity index is 2220. The Labute approximate surface area is 435 Å². The molecule has 306 valence electrons. The fraction of sp³-hybridized carbons (Fsp3) is 0.250. The number of azo groups is 2. The van der Waals surface area contributed by atoms with E-state index in [-0.39, 0.29) is 167 Å². The van der Waals surface area contributed by atoms with E-state index < -0.39 is 113 Å². The molecule has 0 aromatic heterocycles. The maximum Gasteiger partial charge on any atom is 1.00 e. The van der Waals surface area contributed by atoms with Crippen molar-refractivity contribution in [3.05, 3.63) is 42.0 Å². The molecule has 3 aromatic carbocycles. The molecule has 6 N–H and O–H groups in total. The summed E-state index contributed by atoms with van der Waals surface area (Å²) in [5.41, 5.74) is 15.3. The summed E-state index contributed by atoms with van der Waals surface area (Å²) < 4.78 is 140. The predicted octanol–water partition coefficient (Wildman–Crippen LogP) is -10.8. The van der Waals surface area contributed by atoms with Gasteiger partial charge in [0.25, 0.3) is 0 Å². The predicted molar refractivity (Wildman–Crippen MR) is 184 cm³/mol. The van der Waals surface area contributed by atoms with Gasteiger partial charge < -0.3 is 36.8 Å². The van der Waals surface area contributed by atoms with Crippen molar-refractivity contribution >= 4 is 104 Å². The minimum absolute atomic E-state index is 0. The van der Waals surface area contributed by atoms with Crippen LogP contribution in [-0.2, 0) is 67.0 Å². The van der Waals surface area contributed by atoms with E-state index in [2.05, 4.69) is 47.6 Å². The summed E-state index contributed by atoms with van der Waals surface area (Å²) in [6, 6.07) is 4.50. The van der Waals surface area contributed by atoms with E-state index in [1.54, 1.807) is 0 Å². The molecule has 0 saturated heterocycles. The van der Waals surface area contributed by atoms with Gasteiger partial charge in [-0.3, -0.25) is 18.4 Å². The number of nitrogens with zero attached hydrogens (tertiary/aromatic N) is 4. The molecule has 0 spiro atoms. The van der Waals surface area contributed by atoms with Gasteiger partial charge in [0, 0.05) is 0 Å². The molecule has 0 amide bonds. The van der Waals surface area contributed by atoms with Gasteiger partial charge in [-0.05, 0) is 48.9 Å². The first-order chi connectivity index (χ1) is 25.2. The monoisotopic (exact) mass is 985 g/mol. The maximum absolute atomic E-state index is 12.7. The number of benzene rings is 3. The molecule has 59 heavy (non-hydrogen) atoms.